The lowest BCUT2D eigenvalue weighted by atomic mass is 9.66. The van der Waals surface area contributed by atoms with Gasteiger partial charge in [0.25, 0.3) is 5.91 Å². The number of carboxylic acids is 1. The Hall–Kier alpha value is -2.37. The zero-order valence-corrected chi connectivity index (χ0v) is 14.3. The Kier molecular flexibility index (Phi) is 4.96. The summed E-state index contributed by atoms with van der Waals surface area (Å²) >= 11 is 0. The van der Waals surface area contributed by atoms with Crippen LogP contribution in [0.1, 0.15) is 56.8 Å². The molecule has 1 aliphatic rings. The summed E-state index contributed by atoms with van der Waals surface area (Å²) in [7, 11) is 0. The van der Waals surface area contributed by atoms with Gasteiger partial charge in [0.05, 0.1) is 16.7 Å². The maximum absolute atomic E-state index is 12.4. The molecule has 0 unspecified atom stereocenters. The number of carbonyl (C=O) groups excluding carboxylic acids is 2. The number of nitrogens with one attached hydrogen (secondary N) is 2. The van der Waals surface area contributed by atoms with E-state index in [0.29, 0.717) is 24.1 Å². The van der Waals surface area contributed by atoms with E-state index >= 15 is 0 Å². The van der Waals surface area contributed by atoms with Crippen molar-refractivity contribution in [2.75, 3.05) is 5.32 Å². The molecule has 3 N–H and O–H groups in total. The molecule has 0 atom stereocenters. The molecule has 24 heavy (non-hydrogen) atoms. The van der Waals surface area contributed by atoms with Gasteiger partial charge in [-0.05, 0) is 45.7 Å². The Morgan fingerprint density at radius 3 is 2.29 bits per heavy atom. The molecule has 1 aromatic rings. The molecule has 0 spiro atoms. The van der Waals surface area contributed by atoms with E-state index in [0.717, 1.165) is 6.42 Å². The summed E-state index contributed by atoms with van der Waals surface area (Å²) in [6.07, 6.45) is 1.78. The highest BCUT2D eigenvalue weighted by Crippen LogP contribution is 2.44. The standard InChI is InChI=1S/C18H24N2O4/c1-17(2,3)20-15(22)12-7-4-5-8-13(12)19-14(21)11-18(16(23)24)9-6-10-18/h4-5,7-8H,6,9-11H2,1-3H3,(H,19,21)(H,20,22)(H,23,24). The molecule has 0 bridgehead atoms. The first-order valence-corrected chi connectivity index (χ1v) is 8.08. The van der Waals surface area contributed by atoms with E-state index in [1.807, 2.05) is 20.8 Å². The molecule has 0 aliphatic heterocycles. The number of amides is 2. The van der Waals surface area contributed by atoms with Crippen molar-refractivity contribution < 1.29 is 19.5 Å². The highest BCUT2D eigenvalue weighted by Gasteiger charge is 2.45. The van der Waals surface area contributed by atoms with E-state index in [4.69, 9.17) is 0 Å². The Morgan fingerprint density at radius 1 is 1.17 bits per heavy atom. The summed E-state index contributed by atoms with van der Waals surface area (Å²) in [6, 6.07) is 6.72. The second-order valence-electron chi connectivity index (χ2n) is 7.41. The fourth-order valence-electron chi connectivity index (χ4n) is 2.77. The number of aliphatic carboxylic acids is 1. The maximum Gasteiger partial charge on any atom is 0.310 e. The van der Waals surface area contributed by atoms with Crippen LogP contribution < -0.4 is 10.6 Å². The van der Waals surface area contributed by atoms with Crippen LogP contribution in [0.5, 0.6) is 0 Å². The highest BCUT2D eigenvalue weighted by molar-refractivity contribution is 6.04. The average Bonchev–Trinajstić information content (AvgIpc) is 2.41. The summed E-state index contributed by atoms with van der Waals surface area (Å²) in [4.78, 5) is 36.0. The van der Waals surface area contributed by atoms with Crippen LogP contribution in [0.25, 0.3) is 0 Å². The van der Waals surface area contributed by atoms with Crippen molar-refractivity contribution in [3.8, 4) is 0 Å². The van der Waals surface area contributed by atoms with Gasteiger partial charge in [0.1, 0.15) is 0 Å². The molecule has 1 aliphatic carbocycles. The van der Waals surface area contributed by atoms with Gasteiger partial charge in [-0.25, -0.2) is 0 Å². The number of rotatable bonds is 5. The molecule has 2 rings (SSSR count). The van der Waals surface area contributed by atoms with Crippen molar-refractivity contribution in [2.24, 2.45) is 5.41 Å². The lowest BCUT2D eigenvalue weighted by molar-refractivity contribution is -0.157. The molecule has 6 nitrogen and oxygen atoms in total. The summed E-state index contributed by atoms with van der Waals surface area (Å²) in [5.41, 5.74) is -0.594. The van der Waals surface area contributed by atoms with Crippen LogP contribution >= 0.6 is 0 Å². The molecule has 130 valence electrons. The second-order valence-corrected chi connectivity index (χ2v) is 7.41. The summed E-state index contributed by atoms with van der Waals surface area (Å²) in [6.45, 7) is 5.62. The zero-order chi connectivity index (χ0) is 18.0. The normalized spacial score (nSPS) is 16.0. The van der Waals surface area contributed by atoms with Gasteiger partial charge in [-0.2, -0.15) is 0 Å². The monoisotopic (exact) mass is 332 g/mol. The van der Waals surface area contributed by atoms with Gasteiger partial charge in [-0.3, -0.25) is 14.4 Å². The molecule has 0 heterocycles. The molecule has 0 aromatic heterocycles. The maximum atomic E-state index is 12.4. The third-order valence-electron chi connectivity index (χ3n) is 4.20. The summed E-state index contributed by atoms with van der Waals surface area (Å²) in [5, 5.41) is 14.9. The number of benzene rings is 1. The molecule has 2 amide bonds. The molecule has 1 saturated carbocycles. The first kappa shape index (κ1) is 18.0. The number of anilines is 1. The summed E-state index contributed by atoms with van der Waals surface area (Å²) in [5.74, 6) is -1.59. The van der Waals surface area contributed by atoms with E-state index in [-0.39, 0.29) is 18.2 Å². The smallest absolute Gasteiger partial charge is 0.310 e. The second kappa shape index (κ2) is 6.63. The molecule has 1 aromatic carbocycles. The predicted molar refractivity (Wildman–Crippen MR) is 90.8 cm³/mol. The lowest BCUT2D eigenvalue weighted by Gasteiger charge is -2.36. The summed E-state index contributed by atoms with van der Waals surface area (Å²) < 4.78 is 0. The lowest BCUT2D eigenvalue weighted by Crippen LogP contribution is -2.42. The van der Waals surface area contributed by atoms with Crippen molar-refractivity contribution in [3.63, 3.8) is 0 Å². The van der Waals surface area contributed by atoms with E-state index in [1.54, 1.807) is 24.3 Å². The van der Waals surface area contributed by atoms with Crippen molar-refractivity contribution in [1.29, 1.82) is 0 Å². The van der Waals surface area contributed by atoms with Gasteiger partial charge >= 0.3 is 5.97 Å². The highest BCUT2D eigenvalue weighted by atomic mass is 16.4. The largest absolute Gasteiger partial charge is 0.481 e. The third-order valence-corrected chi connectivity index (χ3v) is 4.20. The Labute approximate surface area is 141 Å². The number of hydrogen-bond donors (Lipinski definition) is 3. The van der Waals surface area contributed by atoms with Gasteiger partial charge in [0, 0.05) is 12.0 Å². The number of carbonyl (C=O) groups is 3. The molecule has 6 heteroatoms. The van der Waals surface area contributed by atoms with E-state index in [9.17, 15) is 19.5 Å². The van der Waals surface area contributed by atoms with Crippen LogP contribution in [0.15, 0.2) is 24.3 Å². The first-order chi connectivity index (χ1) is 11.1. The fourth-order valence-corrected chi connectivity index (χ4v) is 2.77. The van der Waals surface area contributed by atoms with Crippen LogP contribution in [-0.2, 0) is 9.59 Å². The van der Waals surface area contributed by atoms with Crippen molar-refractivity contribution >= 4 is 23.5 Å². The van der Waals surface area contributed by atoms with E-state index in [2.05, 4.69) is 10.6 Å². The Balaban J connectivity index is 2.11. The molecule has 0 radical (unpaired) electrons. The van der Waals surface area contributed by atoms with Crippen molar-refractivity contribution in [3.05, 3.63) is 29.8 Å². The number of para-hydroxylation sites is 1. The third kappa shape index (κ3) is 4.13. The molecular formula is C18H24N2O4. The number of hydrogen-bond acceptors (Lipinski definition) is 3. The molecule has 0 saturated heterocycles. The average molecular weight is 332 g/mol. The zero-order valence-electron chi connectivity index (χ0n) is 14.3. The SMILES string of the molecule is CC(C)(C)NC(=O)c1ccccc1NC(=O)CC1(C(=O)O)CCC1. The van der Waals surface area contributed by atoms with Gasteiger partial charge in [-0.15, -0.1) is 0 Å². The Morgan fingerprint density at radius 2 is 1.79 bits per heavy atom. The quantitative estimate of drug-likeness (QED) is 0.772. The first-order valence-electron chi connectivity index (χ1n) is 8.08. The fraction of sp³-hybridized carbons (Fsp3) is 0.500. The van der Waals surface area contributed by atoms with Crippen LogP contribution in [0, 0.1) is 5.41 Å². The Bertz CT molecular complexity index is 657. The minimum atomic E-state index is -0.952. The minimum Gasteiger partial charge on any atom is -0.481 e. The molecule has 1 fully saturated rings. The molecular weight excluding hydrogens is 308 g/mol. The van der Waals surface area contributed by atoms with Crippen LogP contribution in [-0.4, -0.2) is 28.4 Å². The van der Waals surface area contributed by atoms with Crippen molar-refractivity contribution in [2.45, 2.75) is 52.0 Å². The van der Waals surface area contributed by atoms with Gasteiger partial charge < -0.3 is 15.7 Å². The van der Waals surface area contributed by atoms with E-state index < -0.39 is 16.9 Å². The van der Waals surface area contributed by atoms with Gasteiger partial charge in [0.2, 0.25) is 5.91 Å². The van der Waals surface area contributed by atoms with Crippen molar-refractivity contribution in [1.82, 2.24) is 5.32 Å². The van der Waals surface area contributed by atoms with Crippen LogP contribution in [0.4, 0.5) is 5.69 Å². The van der Waals surface area contributed by atoms with Gasteiger partial charge in [0.15, 0.2) is 0 Å². The predicted octanol–water partition coefficient (Wildman–Crippen LogP) is 2.80. The number of carboxylic acid groups (broad SMARTS) is 1. The topological polar surface area (TPSA) is 95.5 Å². The van der Waals surface area contributed by atoms with E-state index in [1.165, 1.54) is 0 Å². The minimum absolute atomic E-state index is 0.0719. The van der Waals surface area contributed by atoms with Crippen LogP contribution in [0.3, 0.4) is 0 Å². The van der Waals surface area contributed by atoms with Gasteiger partial charge in [-0.1, -0.05) is 18.6 Å². The van der Waals surface area contributed by atoms with Crippen LogP contribution in [0.2, 0.25) is 0 Å².